The summed E-state index contributed by atoms with van der Waals surface area (Å²) < 4.78 is 36.3. The maximum Gasteiger partial charge on any atom is 0.475 e. The van der Waals surface area contributed by atoms with E-state index in [0.29, 0.717) is 17.6 Å². The number of anilines is 1. The predicted molar refractivity (Wildman–Crippen MR) is 99.1 cm³/mol. The van der Waals surface area contributed by atoms with Crippen molar-refractivity contribution in [1.29, 1.82) is 0 Å². The van der Waals surface area contributed by atoms with E-state index in [1.54, 1.807) is 4.57 Å². The van der Waals surface area contributed by atoms with Crippen molar-refractivity contribution in [3.8, 4) is 0 Å². The summed E-state index contributed by atoms with van der Waals surface area (Å²) in [5.41, 5.74) is 6.63. The molecule has 1 unspecified atom stereocenters. The zero-order valence-electron chi connectivity index (χ0n) is 15.3. The van der Waals surface area contributed by atoms with Crippen LogP contribution in [-0.2, 0) is 27.7 Å². The number of phosphoric ester groups is 1. The van der Waals surface area contributed by atoms with Crippen LogP contribution < -0.4 is 5.73 Å². The van der Waals surface area contributed by atoms with Crippen molar-refractivity contribution in [3.63, 3.8) is 0 Å². The first-order chi connectivity index (χ1) is 13.8. The maximum absolute atomic E-state index is 12.7. The van der Waals surface area contributed by atoms with Crippen LogP contribution in [0, 0.1) is 5.92 Å². The van der Waals surface area contributed by atoms with E-state index in [1.165, 1.54) is 13.3 Å². The third-order valence-electron chi connectivity index (χ3n) is 4.80. The summed E-state index contributed by atoms with van der Waals surface area (Å²) in [5.74, 6) is -1.43. The molecular weight excluding hydrogens is 429 g/mol. The summed E-state index contributed by atoms with van der Waals surface area (Å²) in [6.07, 6.45) is 0.530. The van der Waals surface area contributed by atoms with Gasteiger partial charge in [0.2, 0.25) is 5.28 Å². The number of nitrogen functional groups attached to an aromatic ring is 1. The molecule has 14 heteroatoms. The summed E-state index contributed by atoms with van der Waals surface area (Å²) in [4.78, 5) is 23.1. The first kappa shape index (κ1) is 20.5. The Morgan fingerprint density at radius 3 is 3.07 bits per heavy atom. The molecule has 3 N–H and O–H groups in total. The molecule has 2 aromatic heterocycles. The van der Waals surface area contributed by atoms with Gasteiger partial charge >= 0.3 is 13.8 Å². The number of hydrogen-bond donors (Lipinski definition) is 2. The number of fused-ring (bicyclic) bond motifs is 2. The van der Waals surface area contributed by atoms with Crippen molar-refractivity contribution in [2.45, 2.75) is 38.2 Å². The molecule has 4 rings (SSSR count). The lowest BCUT2D eigenvalue weighted by atomic mass is 10.1. The minimum absolute atomic E-state index is 0.0113. The predicted octanol–water partition coefficient (Wildman–Crippen LogP) is 2.00. The number of aromatic nitrogens is 4. The molecule has 2 aliphatic heterocycles. The van der Waals surface area contributed by atoms with Gasteiger partial charge in [0.25, 0.3) is 0 Å². The van der Waals surface area contributed by atoms with E-state index in [2.05, 4.69) is 15.0 Å². The SMILES string of the molecule is CC(CCO[P@]1(=O)OC[C@H]2O[C@@H](n3cnc4c(N)nc(Cl)nc43)C[C@@H]2O1)C(=O)O. The van der Waals surface area contributed by atoms with Crippen LogP contribution in [0.25, 0.3) is 11.2 Å². The van der Waals surface area contributed by atoms with E-state index in [0.717, 1.165) is 0 Å². The lowest BCUT2D eigenvalue weighted by molar-refractivity contribution is -0.141. The number of rotatable bonds is 6. The third-order valence-corrected chi connectivity index (χ3v) is 6.46. The minimum Gasteiger partial charge on any atom is -0.481 e. The second-order valence-electron chi connectivity index (χ2n) is 6.81. The highest BCUT2D eigenvalue weighted by Crippen LogP contribution is 2.56. The standard InChI is InChI=1S/C15H19ClN5O7P/c1-7(14(22)23)2-3-25-29(24)26-5-9-8(28-29)4-10(27-9)21-6-18-11-12(17)19-15(16)20-13(11)21/h6-10H,2-5H2,1H3,(H,22,23)(H2,17,19,20)/t7?,8-,9+,10+,29+/m0/s1. The fraction of sp³-hybridized carbons (Fsp3) is 0.600. The van der Waals surface area contributed by atoms with Crippen LogP contribution in [0.5, 0.6) is 0 Å². The average Bonchev–Trinajstić information content (AvgIpc) is 3.24. The largest absolute Gasteiger partial charge is 0.481 e. The highest BCUT2D eigenvalue weighted by atomic mass is 35.5. The monoisotopic (exact) mass is 447 g/mol. The summed E-state index contributed by atoms with van der Waals surface area (Å²) >= 11 is 5.89. The van der Waals surface area contributed by atoms with Crippen molar-refractivity contribution in [3.05, 3.63) is 11.6 Å². The zero-order chi connectivity index (χ0) is 20.8. The lowest BCUT2D eigenvalue weighted by Crippen LogP contribution is -2.33. The van der Waals surface area contributed by atoms with E-state index in [9.17, 15) is 9.36 Å². The number of phosphoric acid groups is 1. The summed E-state index contributed by atoms with van der Waals surface area (Å²) in [6.45, 7) is 1.48. The number of ether oxygens (including phenoxy) is 1. The van der Waals surface area contributed by atoms with Gasteiger partial charge in [0.15, 0.2) is 11.5 Å². The van der Waals surface area contributed by atoms with Gasteiger partial charge < -0.3 is 15.6 Å². The van der Waals surface area contributed by atoms with E-state index in [4.69, 9.17) is 40.7 Å². The van der Waals surface area contributed by atoms with Gasteiger partial charge in [-0.25, -0.2) is 9.55 Å². The number of halogens is 1. The zero-order valence-corrected chi connectivity index (χ0v) is 17.0. The number of nitrogens with two attached hydrogens (primary N) is 1. The highest BCUT2D eigenvalue weighted by molar-refractivity contribution is 7.48. The molecule has 2 saturated heterocycles. The molecule has 5 atom stereocenters. The molecule has 158 valence electrons. The first-order valence-corrected chi connectivity index (χ1v) is 10.7. The summed E-state index contributed by atoms with van der Waals surface area (Å²) in [6, 6.07) is 0. The molecule has 0 saturated carbocycles. The van der Waals surface area contributed by atoms with E-state index in [-0.39, 0.29) is 30.7 Å². The van der Waals surface area contributed by atoms with Gasteiger partial charge in [0.1, 0.15) is 24.0 Å². The Labute approximate surface area is 169 Å². The summed E-state index contributed by atoms with van der Waals surface area (Å²) in [7, 11) is -3.80. The van der Waals surface area contributed by atoms with Crippen molar-refractivity contribution in [2.75, 3.05) is 18.9 Å². The van der Waals surface area contributed by atoms with Crippen LogP contribution in [0.3, 0.4) is 0 Å². The van der Waals surface area contributed by atoms with Gasteiger partial charge in [-0.05, 0) is 18.0 Å². The van der Waals surface area contributed by atoms with E-state index in [1.807, 2.05) is 0 Å². The highest BCUT2D eigenvalue weighted by Gasteiger charge is 2.48. The van der Waals surface area contributed by atoms with Gasteiger partial charge in [0.05, 0.1) is 25.5 Å². The molecule has 2 fully saturated rings. The second-order valence-corrected chi connectivity index (χ2v) is 8.77. The normalized spacial score (nSPS) is 30.3. The molecule has 2 aliphatic rings. The fourth-order valence-electron chi connectivity index (χ4n) is 3.15. The molecule has 29 heavy (non-hydrogen) atoms. The Kier molecular flexibility index (Phi) is 5.49. The van der Waals surface area contributed by atoms with Crippen molar-refractivity contribution in [2.24, 2.45) is 5.92 Å². The molecule has 12 nitrogen and oxygen atoms in total. The molecule has 0 aromatic carbocycles. The average molecular weight is 448 g/mol. The minimum atomic E-state index is -3.80. The van der Waals surface area contributed by atoms with Crippen LogP contribution in [-0.4, -0.2) is 56.0 Å². The molecule has 0 radical (unpaired) electrons. The quantitative estimate of drug-likeness (QED) is 0.492. The second kappa shape index (κ2) is 7.78. The molecule has 2 aromatic rings. The molecular formula is C15H19ClN5O7P. The molecule has 0 aliphatic carbocycles. The van der Waals surface area contributed by atoms with Gasteiger partial charge in [-0.15, -0.1) is 0 Å². The molecule has 0 spiro atoms. The van der Waals surface area contributed by atoms with Gasteiger partial charge in [-0.2, -0.15) is 9.97 Å². The lowest BCUT2D eigenvalue weighted by Gasteiger charge is -2.29. The smallest absolute Gasteiger partial charge is 0.475 e. The van der Waals surface area contributed by atoms with Gasteiger partial charge in [-0.1, -0.05) is 6.92 Å². The summed E-state index contributed by atoms with van der Waals surface area (Å²) in [5, 5.41) is 8.89. The van der Waals surface area contributed by atoms with Crippen LogP contribution in [0.1, 0.15) is 26.0 Å². The number of carboxylic acid groups (broad SMARTS) is 1. The Morgan fingerprint density at radius 1 is 1.52 bits per heavy atom. The van der Waals surface area contributed by atoms with Crippen LogP contribution in [0.2, 0.25) is 5.28 Å². The topological polar surface area (TPSA) is 161 Å². The number of aliphatic carboxylic acids is 1. The van der Waals surface area contributed by atoms with Gasteiger partial charge in [0, 0.05) is 6.42 Å². The molecule has 4 heterocycles. The number of carboxylic acids is 1. The van der Waals surface area contributed by atoms with Crippen LogP contribution >= 0.6 is 19.4 Å². The number of imidazole rings is 1. The fourth-order valence-corrected chi connectivity index (χ4v) is 4.73. The Balaban J connectivity index is 1.43. The number of nitrogens with zero attached hydrogens (tertiary/aromatic N) is 4. The maximum atomic E-state index is 12.7. The Hall–Kier alpha value is -1.82. The molecule has 0 bridgehead atoms. The van der Waals surface area contributed by atoms with Gasteiger partial charge in [-0.3, -0.25) is 22.9 Å². The first-order valence-electron chi connectivity index (χ1n) is 8.87. The number of carbonyl (C=O) groups is 1. The number of hydrogen-bond acceptors (Lipinski definition) is 10. The van der Waals surface area contributed by atoms with E-state index >= 15 is 0 Å². The van der Waals surface area contributed by atoms with Crippen molar-refractivity contribution >= 4 is 42.4 Å². The Bertz CT molecular complexity index is 987. The Morgan fingerprint density at radius 2 is 2.31 bits per heavy atom. The van der Waals surface area contributed by atoms with E-state index < -0.39 is 38.1 Å². The van der Waals surface area contributed by atoms with Crippen LogP contribution in [0.4, 0.5) is 5.82 Å². The van der Waals surface area contributed by atoms with Crippen molar-refractivity contribution < 1.29 is 32.8 Å². The van der Waals surface area contributed by atoms with Crippen LogP contribution in [0.15, 0.2) is 6.33 Å². The third kappa shape index (κ3) is 4.09. The van der Waals surface area contributed by atoms with Crippen molar-refractivity contribution in [1.82, 2.24) is 19.5 Å². The molecule has 0 amide bonds.